The smallest absolute Gasteiger partial charge is 0.231 e. The number of hydrogen-bond acceptors (Lipinski definition) is 2. The molecule has 1 aliphatic rings. The van der Waals surface area contributed by atoms with Gasteiger partial charge in [-0.25, -0.2) is 0 Å². The fraction of sp³-hybridized carbons (Fsp3) is 0.278. The summed E-state index contributed by atoms with van der Waals surface area (Å²) in [4.78, 5) is 15.5. The van der Waals surface area contributed by atoms with E-state index in [9.17, 15) is 4.79 Å². The summed E-state index contributed by atoms with van der Waals surface area (Å²) in [6.45, 7) is 3.01. The van der Waals surface area contributed by atoms with Gasteiger partial charge >= 0.3 is 0 Å². The molecule has 0 aliphatic carbocycles. The Kier molecular flexibility index (Phi) is 4.02. The van der Waals surface area contributed by atoms with Crippen LogP contribution in [-0.2, 0) is 17.6 Å². The molecule has 0 bridgehead atoms. The molecule has 108 valence electrons. The highest BCUT2D eigenvalue weighted by molar-refractivity contribution is 7.80. The van der Waals surface area contributed by atoms with Crippen molar-refractivity contribution in [3.63, 3.8) is 0 Å². The van der Waals surface area contributed by atoms with Crippen LogP contribution in [0.25, 0.3) is 0 Å². The first kappa shape index (κ1) is 14.2. The first-order chi connectivity index (χ1) is 10.1. The van der Waals surface area contributed by atoms with E-state index < -0.39 is 0 Å². The van der Waals surface area contributed by atoms with Crippen LogP contribution in [0.1, 0.15) is 18.1 Å². The van der Waals surface area contributed by atoms with Gasteiger partial charge in [0.1, 0.15) is 0 Å². The zero-order chi connectivity index (χ0) is 14.8. The summed E-state index contributed by atoms with van der Waals surface area (Å²) in [6, 6.07) is 16.0. The summed E-state index contributed by atoms with van der Waals surface area (Å²) >= 11 is 4.28. The standard InChI is InChI=1S/C18H19NOS/c1-13-10-15-4-2-3-5-17(15)19(12-13)18(20)11-14-6-8-16(21)9-7-14/h2-9,13,21H,10-12H2,1H3. The number of carbonyl (C=O) groups is 1. The number of fused-ring (bicyclic) bond motifs is 1. The molecule has 0 fully saturated rings. The van der Waals surface area contributed by atoms with Crippen molar-refractivity contribution < 1.29 is 4.79 Å². The van der Waals surface area contributed by atoms with Gasteiger partial charge in [-0.3, -0.25) is 4.79 Å². The maximum atomic E-state index is 12.7. The maximum absolute atomic E-state index is 12.7. The van der Waals surface area contributed by atoms with Gasteiger partial charge in [0.05, 0.1) is 6.42 Å². The lowest BCUT2D eigenvalue weighted by Crippen LogP contribution is -2.40. The van der Waals surface area contributed by atoms with Gasteiger partial charge in [0.25, 0.3) is 0 Å². The van der Waals surface area contributed by atoms with Crippen LogP contribution < -0.4 is 4.90 Å². The Morgan fingerprint density at radius 3 is 2.67 bits per heavy atom. The quantitative estimate of drug-likeness (QED) is 0.837. The molecule has 2 nitrogen and oxygen atoms in total. The summed E-state index contributed by atoms with van der Waals surface area (Å²) in [5.74, 6) is 0.671. The van der Waals surface area contributed by atoms with Gasteiger partial charge < -0.3 is 4.90 Å². The Balaban J connectivity index is 1.83. The normalized spacial score (nSPS) is 17.4. The molecule has 0 spiro atoms. The second-order valence-electron chi connectivity index (χ2n) is 5.79. The number of hydrogen-bond donors (Lipinski definition) is 1. The minimum Gasteiger partial charge on any atom is -0.312 e. The lowest BCUT2D eigenvalue weighted by Gasteiger charge is -2.33. The third-order valence-corrected chi connectivity index (χ3v) is 4.24. The third-order valence-electron chi connectivity index (χ3n) is 3.94. The first-order valence-corrected chi connectivity index (χ1v) is 7.74. The SMILES string of the molecule is CC1Cc2ccccc2N(C(=O)Cc2ccc(S)cc2)C1. The van der Waals surface area contributed by atoms with Gasteiger partial charge in [-0.1, -0.05) is 37.3 Å². The van der Waals surface area contributed by atoms with Gasteiger partial charge in [0.15, 0.2) is 0 Å². The topological polar surface area (TPSA) is 20.3 Å². The number of carbonyl (C=O) groups excluding carboxylic acids is 1. The van der Waals surface area contributed by atoms with E-state index in [1.54, 1.807) is 0 Å². The summed E-state index contributed by atoms with van der Waals surface area (Å²) in [7, 11) is 0. The predicted molar refractivity (Wildman–Crippen MR) is 89.1 cm³/mol. The molecule has 2 aromatic carbocycles. The molecule has 1 atom stereocenters. The second kappa shape index (κ2) is 5.94. The van der Waals surface area contributed by atoms with Crippen LogP contribution in [0.3, 0.4) is 0 Å². The highest BCUT2D eigenvalue weighted by Gasteiger charge is 2.25. The number of nitrogens with zero attached hydrogens (tertiary/aromatic N) is 1. The van der Waals surface area contributed by atoms with Crippen LogP contribution in [0, 0.1) is 5.92 Å². The first-order valence-electron chi connectivity index (χ1n) is 7.29. The molecule has 21 heavy (non-hydrogen) atoms. The number of benzene rings is 2. The summed E-state index contributed by atoms with van der Waals surface area (Å²) in [5.41, 5.74) is 3.38. The zero-order valence-corrected chi connectivity index (χ0v) is 13.0. The fourth-order valence-electron chi connectivity index (χ4n) is 2.92. The highest BCUT2D eigenvalue weighted by Crippen LogP contribution is 2.29. The molecule has 1 heterocycles. The molecule has 1 aliphatic heterocycles. The van der Waals surface area contributed by atoms with E-state index in [0.717, 1.165) is 29.1 Å². The van der Waals surface area contributed by atoms with Crippen LogP contribution in [-0.4, -0.2) is 12.5 Å². The summed E-state index contributed by atoms with van der Waals surface area (Å²) in [6.07, 6.45) is 1.49. The van der Waals surface area contributed by atoms with E-state index in [-0.39, 0.29) is 5.91 Å². The summed E-state index contributed by atoms with van der Waals surface area (Å²) < 4.78 is 0. The van der Waals surface area contributed by atoms with Crippen molar-refractivity contribution in [2.24, 2.45) is 5.92 Å². The van der Waals surface area contributed by atoms with Gasteiger partial charge in [0.2, 0.25) is 5.91 Å². The van der Waals surface area contributed by atoms with E-state index in [0.29, 0.717) is 12.3 Å². The zero-order valence-electron chi connectivity index (χ0n) is 12.1. The minimum absolute atomic E-state index is 0.168. The van der Waals surface area contributed by atoms with Gasteiger partial charge in [-0.2, -0.15) is 0 Å². The number of rotatable bonds is 2. The van der Waals surface area contributed by atoms with Crippen molar-refractivity contribution >= 4 is 24.2 Å². The van der Waals surface area contributed by atoms with Crippen LogP contribution >= 0.6 is 12.6 Å². The minimum atomic E-state index is 0.168. The van der Waals surface area contributed by atoms with Crippen molar-refractivity contribution in [3.05, 3.63) is 59.7 Å². The molecule has 0 aromatic heterocycles. The van der Waals surface area contributed by atoms with E-state index >= 15 is 0 Å². The Morgan fingerprint density at radius 2 is 1.90 bits per heavy atom. The van der Waals surface area contributed by atoms with Crippen molar-refractivity contribution in [1.82, 2.24) is 0 Å². The van der Waals surface area contributed by atoms with Crippen molar-refractivity contribution in [3.8, 4) is 0 Å². The fourth-order valence-corrected chi connectivity index (χ4v) is 3.07. The van der Waals surface area contributed by atoms with Crippen molar-refractivity contribution in [1.29, 1.82) is 0 Å². The van der Waals surface area contributed by atoms with Crippen LogP contribution in [0.5, 0.6) is 0 Å². The second-order valence-corrected chi connectivity index (χ2v) is 6.30. The molecule has 0 saturated heterocycles. The number of anilines is 1. The van der Waals surface area contributed by atoms with Gasteiger partial charge in [-0.05, 0) is 41.7 Å². The highest BCUT2D eigenvalue weighted by atomic mass is 32.1. The molecule has 0 radical (unpaired) electrons. The molecule has 3 heteroatoms. The number of para-hydroxylation sites is 1. The largest absolute Gasteiger partial charge is 0.312 e. The Labute approximate surface area is 131 Å². The maximum Gasteiger partial charge on any atom is 0.231 e. The van der Waals surface area contributed by atoms with E-state index in [4.69, 9.17) is 0 Å². The molecule has 3 rings (SSSR count). The molecule has 1 amide bonds. The Hall–Kier alpha value is -1.74. The number of amides is 1. The van der Waals surface area contributed by atoms with Crippen molar-refractivity contribution in [2.75, 3.05) is 11.4 Å². The van der Waals surface area contributed by atoms with Crippen molar-refractivity contribution in [2.45, 2.75) is 24.7 Å². The molecule has 2 aromatic rings. The van der Waals surface area contributed by atoms with Crippen LogP contribution in [0.4, 0.5) is 5.69 Å². The van der Waals surface area contributed by atoms with Crippen LogP contribution in [0.15, 0.2) is 53.4 Å². The van der Waals surface area contributed by atoms with Gasteiger partial charge in [0, 0.05) is 17.1 Å². The summed E-state index contributed by atoms with van der Waals surface area (Å²) in [5, 5.41) is 0. The lowest BCUT2D eigenvalue weighted by molar-refractivity contribution is -0.118. The number of thiol groups is 1. The predicted octanol–water partition coefficient (Wildman–Crippen LogP) is 3.74. The van der Waals surface area contributed by atoms with E-state index in [2.05, 4.69) is 31.7 Å². The Bertz CT molecular complexity index is 651. The van der Waals surface area contributed by atoms with Crippen LogP contribution in [0.2, 0.25) is 0 Å². The van der Waals surface area contributed by atoms with E-state index in [1.165, 1.54) is 5.56 Å². The molecular weight excluding hydrogens is 278 g/mol. The molecular formula is C18H19NOS. The molecule has 0 saturated carbocycles. The third kappa shape index (κ3) is 3.13. The average molecular weight is 297 g/mol. The molecule has 0 N–H and O–H groups in total. The lowest BCUT2D eigenvalue weighted by atomic mass is 9.93. The monoisotopic (exact) mass is 297 g/mol. The molecule has 1 unspecified atom stereocenters. The Morgan fingerprint density at radius 1 is 1.19 bits per heavy atom. The average Bonchev–Trinajstić information content (AvgIpc) is 2.48. The van der Waals surface area contributed by atoms with Gasteiger partial charge in [-0.15, -0.1) is 12.6 Å². The van der Waals surface area contributed by atoms with E-state index in [1.807, 2.05) is 41.3 Å².